The van der Waals surface area contributed by atoms with E-state index in [-0.39, 0.29) is 11.9 Å². The van der Waals surface area contributed by atoms with Gasteiger partial charge in [0.15, 0.2) is 0 Å². The molecule has 1 unspecified atom stereocenters. The summed E-state index contributed by atoms with van der Waals surface area (Å²) in [5.41, 5.74) is 1.07. The molecule has 1 atom stereocenters. The minimum Gasteiger partial charge on any atom is -0.379 e. The van der Waals surface area contributed by atoms with Crippen LogP contribution in [0.3, 0.4) is 0 Å². The molecule has 1 aliphatic carbocycles. The van der Waals surface area contributed by atoms with E-state index in [2.05, 4.69) is 5.32 Å². The first-order valence-electron chi connectivity index (χ1n) is 7.25. The van der Waals surface area contributed by atoms with Crippen molar-refractivity contribution in [3.05, 3.63) is 35.6 Å². The molecule has 0 aromatic heterocycles. The van der Waals surface area contributed by atoms with Gasteiger partial charge in [-0.1, -0.05) is 12.1 Å². The lowest BCUT2D eigenvalue weighted by Gasteiger charge is -2.19. The standard InChI is InChI=1S/C16H24FNO/c1-12(2)19-9-8-14(11-18-16-6-7-16)13-4-3-5-15(17)10-13/h3-5,10,12,14,16,18H,6-9,11H2,1-2H3. The highest BCUT2D eigenvalue weighted by atomic mass is 19.1. The van der Waals surface area contributed by atoms with Gasteiger partial charge in [0.25, 0.3) is 0 Å². The average molecular weight is 265 g/mol. The molecule has 106 valence electrons. The van der Waals surface area contributed by atoms with E-state index < -0.39 is 0 Å². The van der Waals surface area contributed by atoms with Crippen LogP contribution in [0.2, 0.25) is 0 Å². The largest absolute Gasteiger partial charge is 0.379 e. The van der Waals surface area contributed by atoms with Crippen LogP contribution in [0.15, 0.2) is 24.3 Å². The molecule has 0 radical (unpaired) electrons. The third-order valence-corrected chi connectivity index (χ3v) is 3.47. The zero-order valence-electron chi connectivity index (χ0n) is 11.9. The molecule has 1 fully saturated rings. The van der Waals surface area contributed by atoms with Gasteiger partial charge in [-0.15, -0.1) is 0 Å². The number of hydrogen-bond donors (Lipinski definition) is 1. The van der Waals surface area contributed by atoms with Crippen LogP contribution in [0.5, 0.6) is 0 Å². The lowest BCUT2D eigenvalue weighted by Crippen LogP contribution is -2.24. The van der Waals surface area contributed by atoms with Crippen molar-refractivity contribution in [1.82, 2.24) is 5.32 Å². The second kappa shape index (κ2) is 7.01. The molecule has 1 aliphatic rings. The maximum absolute atomic E-state index is 13.3. The van der Waals surface area contributed by atoms with Crippen molar-refractivity contribution in [2.75, 3.05) is 13.2 Å². The van der Waals surface area contributed by atoms with Gasteiger partial charge in [-0.05, 0) is 56.7 Å². The Kier molecular flexibility index (Phi) is 5.34. The van der Waals surface area contributed by atoms with Crippen LogP contribution in [0.25, 0.3) is 0 Å². The summed E-state index contributed by atoms with van der Waals surface area (Å²) < 4.78 is 19.0. The third kappa shape index (κ3) is 5.29. The minimum absolute atomic E-state index is 0.154. The average Bonchev–Trinajstić information content (AvgIpc) is 3.17. The quantitative estimate of drug-likeness (QED) is 0.777. The van der Waals surface area contributed by atoms with E-state index in [0.29, 0.717) is 12.0 Å². The second-order valence-corrected chi connectivity index (χ2v) is 5.64. The van der Waals surface area contributed by atoms with Crippen LogP contribution in [0, 0.1) is 5.82 Å². The van der Waals surface area contributed by atoms with E-state index in [0.717, 1.165) is 25.1 Å². The fourth-order valence-corrected chi connectivity index (χ4v) is 2.19. The van der Waals surface area contributed by atoms with Crippen molar-refractivity contribution >= 4 is 0 Å². The zero-order valence-corrected chi connectivity index (χ0v) is 11.9. The van der Waals surface area contributed by atoms with Gasteiger partial charge in [0.05, 0.1) is 6.10 Å². The monoisotopic (exact) mass is 265 g/mol. The molecule has 19 heavy (non-hydrogen) atoms. The molecular weight excluding hydrogens is 241 g/mol. The molecule has 0 bridgehead atoms. The summed E-state index contributed by atoms with van der Waals surface area (Å²) in [6.45, 7) is 5.72. The van der Waals surface area contributed by atoms with E-state index in [1.54, 1.807) is 12.1 Å². The predicted molar refractivity (Wildman–Crippen MR) is 75.9 cm³/mol. The number of nitrogens with one attached hydrogen (secondary N) is 1. The van der Waals surface area contributed by atoms with Gasteiger partial charge in [0, 0.05) is 19.2 Å². The fourth-order valence-electron chi connectivity index (χ4n) is 2.19. The van der Waals surface area contributed by atoms with E-state index in [4.69, 9.17) is 4.74 Å². The third-order valence-electron chi connectivity index (χ3n) is 3.47. The highest BCUT2D eigenvalue weighted by Gasteiger charge is 2.22. The molecule has 2 rings (SSSR count). The topological polar surface area (TPSA) is 21.3 Å². The summed E-state index contributed by atoms with van der Waals surface area (Å²) in [4.78, 5) is 0. The molecule has 1 saturated carbocycles. The number of rotatable bonds is 8. The van der Waals surface area contributed by atoms with Crippen molar-refractivity contribution < 1.29 is 9.13 Å². The maximum Gasteiger partial charge on any atom is 0.123 e. The normalized spacial score (nSPS) is 16.8. The first kappa shape index (κ1) is 14.5. The summed E-state index contributed by atoms with van der Waals surface area (Å²) in [6, 6.07) is 7.63. The Bertz CT molecular complexity index is 390. The van der Waals surface area contributed by atoms with Gasteiger partial charge >= 0.3 is 0 Å². The molecule has 1 N–H and O–H groups in total. The van der Waals surface area contributed by atoms with Crippen LogP contribution >= 0.6 is 0 Å². The Hall–Kier alpha value is -0.930. The van der Waals surface area contributed by atoms with Crippen LogP contribution < -0.4 is 5.32 Å². The smallest absolute Gasteiger partial charge is 0.123 e. The van der Waals surface area contributed by atoms with Gasteiger partial charge < -0.3 is 10.1 Å². The predicted octanol–water partition coefficient (Wildman–Crippen LogP) is 3.48. The molecule has 0 amide bonds. The van der Waals surface area contributed by atoms with Crippen LogP contribution in [-0.4, -0.2) is 25.3 Å². The molecular formula is C16H24FNO. The van der Waals surface area contributed by atoms with E-state index in [9.17, 15) is 4.39 Å². The van der Waals surface area contributed by atoms with Crippen molar-refractivity contribution in [2.45, 2.75) is 51.2 Å². The number of benzene rings is 1. The van der Waals surface area contributed by atoms with Crippen molar-refractivity contribution in [2.24, 2.45) is 0 Å². The first-order chi connectivity index (χ1) is 9.15. The van der Waals surface area contributed by atoms with Crippen molar-refractivity contribution in [3.8, 4) is 0 Å². The van der Waals surface area contributed by atoms with Crippen LogP contribution in [0.4, 0.5) is 4.39 Å². The summed E-state index contributed by atoms with van der Waals surface area (Å²) in [7, 11) is 0. The van der Waals surface area contributed by atoms with E-state index >= 15 is 0 Å². The Morgan fingerprint density at radius 3 is 2.79 bits per heavy atom. The van der Waals surface area contributed by atoms with Gasteiger partial charge in [-0.25, -0.2) is 4.39 Å². The molecule has 0 aliphatic heterocycles. The molecule has 3 heteroatoms. The number of hydrogen-bond acceptors (Lipinski definition) is 2. The molecule has 0 spiro atoms. The molecule has 2 nitrogen and oxygen atoms in total. The molecule has 1 aromatic rings. The molecule has 0 saturated heterocycles. The SMILES string of the molecule is CC(C)OCCC(CNC1CC1)c1cccc(F)c1. The number of halogens is 1. The Labute approximate surface area is 115 Å². The van der Waals surface area contributed by atoms with Crippen molar-refractivity contribution in [1.29, 1.82) is 0 Å². The fraction of sp³-hybridized carbons (Fsp3) is 0.625. The van der Waals surface area contributed by atoms with Gasteiger partial charge in [0.2, 0.25) is 0 Å². The zero-order chi connectivity index (χ0) is 13.7. The second-order valence-electron chi connectivity index (χ2n) is 5.64. The van der Waals surface area contributed by atoms with Crippen molar-refractivity contribution in [3.63, 3.8) is 0 Å². The Balaban J connectivity index is 1.91. The van der Waals surface area contributed by atoms with E-state index in [1.807, 2.05) is 19.9 Å². The molecule has 0 heterocycles. The summed E-state index contributed by atoms with van der Waals surface area (Å²) in [5, 5.41) is 3.53. The summed E-state index contributed by atoms with van der Waals surface area (Å²) in [6.07, 6.45) is 3.74. The summed E-state index contributed by atoms with van der Waals surface area (Å²) in [5.74, 6) is 0.175. The minimum atomic E-state index is -0.154. The first-order valence-corrected chi connectivity index (χ1v) is 7.25. The van der Waals surface area contributed by atoms with Crippen LogP contribution in [-0.2, 0) is 4.74 Å². The van der Waals surface area contributed by atoms with E-state index in [1.165, 1.54) is 18.9 Å². The maximum atomic E-state index is 13.3. The highest BCUT2D eigenvalue weighted by Crippen LogP contribution is 2.24. The summed E-state index contributed by atoms with van der Waals surface area (Å²) >= 11 is 0. The van der Waals surface area contributed by atoms with Crippen LogP contribution in [0.1, 0.15) is 44.6 Å². The lowest BCUT2D eigenvalue weighted by molar-refractivity contribution is 0.0732. The molecule has 1 aromatic carbocycles. The Morgan fingerprint density at radius 1 is 1.37 bits per heavy atom. The number of ether oxygens (including phenoxy) is 1. The highest BCUT2D eigenvalue weighted by molar-refractivity contribution is 5.21. The van der Waals surface area contributed by atoms with Gasteiger partial charge in [-0.2, -0.15) is 0 Å². The van der Waals surface area contributed by atoms with Gasteiger partial charge in [0.1, 0.15) is 5.82 Å². The Morgan fingerprint density at radius 2 is 2.16 bits per heavy atom. The lowest BCUT2D eigenvalue weighted by atomic mass is 9.96. The van der Waals surface area contributed by atoms with Gasteiger partial charge in [-0.3, -0.25) is 0 Å².